The Hall–Kier alpha value is -1.81. The lowest BCUT2D eigenvalue weighted by atomic mass is 9.99. The standard InChI is InChI=1S/C17H26N2O2/c1-5-7-19-16(20)11-21-17-12(3)8-14(9-13(17)4)10-15(18)6-2/h5,8-9,15H,1,6-7,10-11,18H2,2-4H3,(H,19,20). The molecule has 0 fully saturated rings. The zero-order valence-electron chi connectivity index (χ0n) is 13.2. The van der Waals surface area contributed by atoms with Gasteiger partial charge in [0.25, 0.3) is 5.91 Å². The Morgan fingerprint density at radius 1 is 1.43 bits per heavy atom. The summed E-state index contributed by atoms with van der Waals surface area (Å²) >= 11 is 0. The fraction of sp³-hybridized carbons (Fsp3) is 0.471. The van der Waals surface area contributed by atoms with Crippen LogP contribution in [0.4, 0.5) is 0 Å². The normalized spacial score (nSPS) is 11.8. The number of aryl methyl sites for hydroxylation is 2. The summed E-state index contributed by atoms with van der Waals surface area (Å²) in [4.78, 5) is 11.5. The van der Waals surface area contributed by atoms with Crippen molar-refractivity contribution < 1.29 is 9.53 Å². The maximum absolute atomic E-state index is 11.5. The molecule has 1 aromatic rings. The molecule has 4 heteroatoms. The van der Waals surface area contributed by atoms with Crippen LogP contribution in [0.2, 0.25) is 0 Å². The van der Waals surface area contributed by atoms with E-state index < -0.39 is 0 Å². The number of rotatable bonds is 8. The van der Waals surface area contributed by atoms with Gasteiger partial charge in [-0.2, -0.15) is 0 Å². The molecular weight excluding hydrogens is 264 g/mol. The van der Waals surface area contributed by atoms with E-state index in [-0.39, 0.29) is 18.6 Å². The lowest BCUT2D eigenvalue weighted by Crippen LogP contribution is -2.29. The van der Waals surface area contributed by atoms with E-state index in [1.165, 1.54) is 5.56 Å². The number of carbonyl (C=O) groups excluding carboxylic acids is 1. The van der Waals surface area contributed by atoms with E-state index in [1.54, 1.807) is 6.08 Å². The molecular formula is C17H26N2O2. The van der Waals surface area contributed by atoms with Crippen molar-refractivity contribution in [1.82, 2.24) is 5.32 Å². The van der Waals surface area contributed by atoms with Crippen molar-refractivity contribution in [2.75, 3.05) is 13.2 Å². The summed E-state index contributed by atoms with van der Waals surface area (Å²) in [6, 6.07) is 4.35. The molecule has 0 saturated carbocycles. The number of hydrogen-bond acceptors (Lipinski definition) is 3. The predicted molar refractivity (Wildman–Crippen MR) is 86.6 cm³/mol. The van der Waals surface area contributed by atoms with E-state index >= 15 is 0 Å². The van der Waals surface area contributed by atoms with Crippen molar-refractivity contribution in [3.05, 3.63) is 41.5 Å². The van der Waals surface area contributed by atoms with Crippen molar-refractivity contribution in [2.45, 2.75) is 39.7 Å². The van der Waals surface area contributed by atoms with Gasteiger partial charge in [-0.05, 0) is 43.4 Å². The van der Waals surface area contributed by atoms with Crippen molar-refractivity contribution in [3.63, 3.8) is 0 Å². The predicted octanol–water partition coefficient (Wildman–Crippen LogP) is 2.26. The molecule has 0 aliphatic carbocycles. The molecule has 116 valence electrons. The summed E-state index contributed by atoms with van der Waals surface area (Å²) in [5.41, 5.74) is 9.27. The lowest BCUT2D eigenvalue weighted by Gasteiger charge is -2.15. The molecule has 0 heterocycles. The van der Waals surface area contributed by atoms with Crippen LogP contribution in [0.15, 0.2) is 24.8 Å². The third kappa shape index (κ3) is 5.60. The SMILES string of the molecule is C=CCNC(=O)COc1c(C)cc(CC(N)CC)cc1C. The first-order chi connectivity index (χ1) is 9.97. The van der Waals surface area contributed by atoms with Gasteiger partial charge < -0.3 is 15.8 Å². The Balaban J connectivity index is 2.71. The summed E-state index contributed by atoms with van der Waals surface area (Å²) < 4.78 is 5.64. The average Bonchev–Trinajstić information content (AvgIpc) is 2.43. The first-order valence-electron chi connectivity index (χ1n) is 7.34. The molecule has 4 nitrogen and oxygen atoms in total. The van der Waals surface area contributed by atoms with Gasteiger partial charge in [0.2, 0.25) is 0 Å². The van der Waals surface area contributed by atoms with Crippen LogP contribution in [0.5, 0.6) is 5.75 Å². The van der Waals surface area contributed by atoms with Crippen LogP contribution in [-0.2, 0) is 11.2 Å². The Labute approximate surface area is 127 Å². The van der Waals surface area contributed by atoms with E-state index in [4.69, 9.17) is 10.5 Å². The minimum absolute atomic E-state index is 0.0172. The van der Waals surface area contributed by atoms with Gasteiger partial charge in [-0.1, -0.05) is 25.1 Å². The molecule has 3 N–H and O–H groups in total. The monoisotopic (exact) mass is 290 g/mol. The number of carbonyl (C=O) groups is 1. The highest BCUT2D eigenvalue weighted by atomic mass is 16.5. The van der Waals surface area contributed by atoms with Crippen molar-refractivity contribution in [3.8, 4) is 5.75 Å². The van der Waals surface area contributed by atoms with Crippen LogP contribution < -0.4 is 15.8 Å². The van der Waals surface area contributed by atoms with E-state index in [9.17, 15) is 4.79 Å². The molecule has 0 bridgehead atoms. The van der Waals surface area contributed by atoms with E-state index in [0.29, 0.717) is 6.54 Å². The Morgan fingerprint density at radius 3 is 2.57 bits per heavy atom. The maximum atomic E-state index is 11.5. The van der Waals surface area contributed by atoms with E-state index in [1.807, 2.05) is 13.8 Å². The minimum Gasteiger partial charge on any atom is -0.483 e. The second-order valence-electron chi connectivity index (χ2n) is 5.31. The summed E-state index contributed by atoms with van der Waals surface area (Å²) in [7, 11) is 0. The van der Waals surface area contributed by atoms with Gasteiger partial charge in [-0.3, -0.25) is 4.79 Å². The summed E-state index contributed by atoms with van der Waals surface area (Å²) in [6.45, 7) is 10.1. The first kappa shape index (κ1) is 17.2. The Bertz CT molecular complexity index is 475. The second-order valence-corrected chi connectivity index (χ2v) is 5.31. The third-order valence-corrected chi connectivity index (χ3v) is 3.33. The molecule has 0 saturated heterocycles. The van der Waals surface area contributed by atoms with Crippen LogP contribution in [0, 0.1) is 13.8 Å². The van der Waals surface area contributed by atoms with Crippen LogP contribution in [0.25, 0.3) is 0 Å². The molecule has 0 radical (unpaired) electrons. The summed E-state index contributed by atoms with van der Waals surface area (Å²) in [6.07, 6.45) is 3.46. The molecule has 1 unspecified atom stereocenters. The van der Waals surface area contributed by atoms with Crippen LogP contribution in [-0.4, -0.2) is 25.1 Å². The van der Waals surface area contributed by atoms with Gasteiger partial charge in [0.05, 0.1) is 0 Å². The van der Waals surface area contributed by atoms with Gasteiger partial charge in [0.15, 0.2) is 6.61 Å². The second kappa shape index (κ2) is 8.47. The van der Waals surface area contributed by atoms with E-state index in [0.717, 1.165) is 29.7 Å². The van der Waals surface area contributed by atoms with Crippen molar-refractivity contribution in [1.29, 1.82) is 0 Å². The number of nitrogens with one attached hydrogen (secondary N) is 1. The number of ether oxygens (including phenoxy) is 1. The number of amides is 1. The van der Waals surface area contributed by atoms with Gasteiger partial charge in [0, 0.05) is 12.6 Å². The zero-order chi connectivity index (χ0) is 15.8. The number of benzene rings is 1. The van der Waals surface area contributed by atoms with Gasteiger partial charge in [0.1, 0.15) is 5.75 Å². The molecule has 1 aromatic carbocycles. The highest BCUT2D eigenvalue weighted by Crippen LogP contribution is 2.25. The quantitative estimate of drug-likeness (QED) is 0.722. The van der Waals surface area contributed by atoms with Crippen LogP contribution in [0.1, 0.15) is 30.0 Å². The van der Waals surface area contributed by atoms with Crippen LogP contribution in [0.3, 0.4) is 0 Å². The lowest BCUT2D eigenvalue weighted by molar-refractivity contribution is -0.122. The summed E-state index contributed by atoms with van der Waals surface area (Å²) in [5, 5.41) is 2.69. The maximum Gasteiger partial charge on any atom is 0.258 e. The molecule has 0 aliphatic heterocycles. The topological polar surface area (TPSA) is 64.3 Å². The van der Waals surface area contributed by atoms with Crippen LogP contribution >= 0.6 is 0 Å². The Morgan fingerprint density at radius 2 is 2.05 bits per heavy atom. The van der Waals surface area contributed by atoms with Crippen molar-refractivity contribution in [2.24, 2.45) is 5.73 Å². The molecule has 1 amide bonds. The average molecular weight is 290 g/mol. The van der Waals surface area contributed by atoms with Gasteiger partial charge in [-0.25, -0.2) is 0 Å². The molecule has 1 rings (SSSR count). The third-order valence-electron chi connectivity index (χ3n) is 3.33. The highest BCUT2D eigenvalue weighted by Gasteiger charge is 2.10. The zero-order valence-corrected chi connectivity index (χ0v) is 13.2. The highest BCUT2D eigenvalue weighted by molar-refractivity contribution is 5.77. The van der Waals surface area contributed by atoms with E-state index in [2.05, 4.69) is 31.0 Å². The first-order valence-corrected chi connectivity index (χ1v) is 7.34. The molecule has 1 atom stereocenters. The summed E-state index contributed by atoms with van der Waals surface area (Å²) in [5.74, 6) is 0.628. The molecule has 0 aromatic heterocycles. The van der Waals surface area contributed by atoms with Crippen molar-refractivity contribution >= 4 is 5.91 Å². The number of nitrogens with two attached hydrogens (primary N) is 1. The van der Waals surface area contributed by atoms with Gasteiger partial charge >= 0.3 is 0 Å². The largest absolute Gasteiger partial charge is 0.483 e. The molecule has 0 aliphatic rings. The molecule has 0 spiro atoms. The fourth-order valence-electron chi connectivity index (χ4n) is 2.21. The Kier molecular flexibility index (Phi) is 6.96. The smallest absolute Gasteiger partial charge is 0.258 e. The van der Waals surface area contributed by atoms with Gasteiger partial charge in [-0.15, -0.1) is 6.58 Å². The minimum atomic E-state index is -0.147. The molecule has 21 heavy (non-hydrogen) atoms. The number of hydrogen-bond donors (Lipinski definition) is 2. The fourth-order valence-corrected chi connectivity index (χ4v) is 2.21.